The van der Waals surface area contributed by atoms with Gasteiger partial charge in [-0.2, -0.15) is 0 Å². The van der Waals surface area contributed by atoms with Crippen molar-refractivity contribution >= 4 is 17.5 Å². The number of carbonyl (C=O) groups excluding carboxylic acids is 2. The zero-order valence-corrected chi connectivity index (χ0v) is 14.8. The zero-order valence-electron chi connectivity index (χ0n) is 14.8. The molecule has 0 saturated heterocycles. The molecule has 0 spiro atoms. The number of rotatable bonds is 6. The summed E-state index contributed by atoms with van der Waals surface area (Å²) in [6, 6.07) is 9.72. The lowest BCUT2D eigenvalue weighted by Crippen LogP contribution is -2.21. The van der Waals surface area contributed by atoms with Gasteiger partial charge >= 0.3 is 0 Å². The summed E-state index contributed by atoms with van der Waals surface area (Å²) in [6.45, 7) is 0.844. The number of nitrogens with one attached hydrogen (secondary N) is 1. The Balaban J connectivity index is 1.65. The van der Waals surface area contributed by atoms with Crippen molar-refractivity contribution in [1.82, 2.24) is 0 Å². The number of fused-ring (bicyclic) bond motifs is 1. The van der Waals surface area contributed by atoms with Crippen LogP contribution in [0.1, 0.15) is 16.8 Å². The van der Waals surface area contributed by atoms with Gasteiger partial charge in [0.25, 0.3) is 11.8 Å². The number of ether oxygens (including phenoxy) is 4. The first kappa shape index (κ1) is 18.4. The van der Waals surface area contributed by atoms with Crippen molar-refractivity contribution < 1.29 is 28.5 Å². The van der Waals surface area contributed by atoms with Gasteiger partial charge in [0, 0.05) is 24.2 Å². The third-order valence-electron chi connectivity index (χ3n) is 3.84. The van der Waals surface area contributed by atoms with Crippen molar-refractivity contribution in [3.63, 3.8) is 0 Å². The van der Waals surface area contributed by atoms with Crippen molar-refractivity contribution in [2.45, 2.75) is 6.42 Å². The molecule has 8 nitrogen and oxygen atoms in total. The molecular weight excluding hydrogens is 352 g/mol. The normalized spacial score (nSPS) is 12.6. The molecule has 3 N–H and O–H groups in total. The summed E-state index contributed by atoms with van der Waals surface area (Å²) in [5, 5.41) is 2.71. The minimum atomic E-state index is -0.657. The van der Waals surface area contributed by atoms with Gasteiger partial charge in [0.15, 0.2) is 18.1 Å². The molecular formula is C19H20N2O6. The van der Waals surface area contributed by atoms with Crippen LogP contribution in [-0.4, -0.2) is 38.7 Å². The molecule has 0 bridgehead atoms. The number of amides is 2. The Hall–Kier alpha value is -3.42. The van der Waals surface area contributed by atoms with Crippen LogP contribution < -0.4 is 30.0 Å². The van der Waals surface area contributed by atoms with Gasteiger partial charge in [0.1, 0.15) is 11.5 Å². The minimum absolute atomic E-state index is 0.166. The second kappa shape index (κ2) is 8.31. The van der Waals surface area contributed by atoms with E-state index in [2.05, 4.69) is 5.32 Å². The molecule has 2 amide bonds. The van der Waals surface area contributed by atoms with Gasteiger partial charge in [-0.3, -0.25) is 9.59 Å². The molecule has 0 aliphatic carbocycles. The predicted octanol–water partition coefficient (Wildman–Crippen LogP) is 1.97. The lowest BCUT2D eigenvalue weighted by atomic mass is 10.2. The first-order valence-corrected chi connectivity index (χ1v) is 8.37. The highest BCUT2D eigenvalue weighted by Crippen LogP contribution is 2.32. The molecule has 142 valence electrons. The third kappa shape index (κ3) is 4.60. The maximum Gasteiger partial charge on any atom is 0.262 e. The van der Waals surface area contributed by atoms with E-state index < -0.39 is 11.8 Å². The number of anilines is 1. The molecule has 1 aliphatic rings. The fourth-order valence-electron chi connectivity index (χ4n) is 2.53. The summed E-state index contributed by atoms with van der Waals surface area (Å²) in [6.07, 6.45) is 0.799. The van der Waals surface area contributed by atoms with Gasteiger partial charge in [0.2, 0.25) is 0 Å². The molecule has 27 heavy (non-hydrogen) atoms. The van der Waals surface area contributed by atoms with E-state index in [0.717, 1.165) is 6.42 Å². The van der Waals surface area contributed by atoms with E-state index in [0.29, 0.717) is 36.1 Å². The molecule has 1 heterocycles. The van der Waals surface area contributed by atoms with Gasteiger partial charge in [-0.05, 0) is 24.3 Å². The molecule has 0 aromatic heterocycles. The second-order valence-electron chi connectivity index (χ2n) is 5.78. The number of hydrogen-bond donors (Lipinski definition) is 2. The van der Waals surface area contributed by atoms with E-state index in [-0.39, 0.29) is 17.9 Å². The third-order valence-corrected chi connectivity index (χ3v) is 3.84. The van der Waals surface area contributed by atoms with Crippen LogP contribution in [0.25, 0.3) is 0 Å². The second-order valence-corrected chi connectivity index (χ2v) is 5.78. The molecule has 1 aliphatic heterocycles. The lowest BCUT2D eigenvalue weighted by molar-refractivity contribution is -0.118. The molecule has 0 atom stereocenters. The minimum Gasteiger partial charge on any atom is -0.497 e. The quantitative estimate of drug-likeness (QED) is 0.802. The Kier molecular flexibility index (Phi) is 5.65. The number of methoxy groups -OCH3 is 1. The van der Waals surface area contributed by atoms with E-state index in [1.54, 1.807) is 24.3 Å². The van der Waals surface area contributed by atoms with E-state index in [9.17, 15) is 9.59 Å². The molecule has 2 aromatic carbocycles. The van der Waals surface area contributed by atoms with Crippen molar-refractivity contribution in [2.75, 3.05) is 32.2 Å². The molecule has 0 unspecified atom stereocenters. The van der Waals surface area contributed by atoms with Crippen molar-refractivity contribution in [2.24, 2.45) is 5.73 Å². The summed E-state index contributed by atoms with van der Waals surface area (Å²) in [5.41, 5.74) is 6.04. The number of benzene rings is 2. The summed E-state index contributed by atoms with van der Waals surface area (Å²) >= 11 is 0. The molecule has 0 saturated carbocycles. The molecule has 0 fully saturated rings. The first-order chi connectivity index (χ1) is 13.1. The Labute approximate surface area is 156 Å². The molecule has 2 aromatic rings. The van der Waals surface area contributed by atoms with Crippen LogP contribution in [0.2, 0.25) is 0 Å². The summed E-state index contributed by atoms with van der Waals surface area (Å²) in [5.74, 6) is 0.826. The largest absolute Gasteiger partial charge is 0.497 e. The Morgan fingerprint density at radius 1 is 1.11 bits per heavy atom. The van der Waals surface area contributed by atoms with Gasteiger partial charge < -0.3 is 30.0 Å². The van der Waals surface area contributed by atoms with Crippen molar-refractivity contribution in [1.29, 1.82) is 0 Å². The summed E-state index contributed by atoms with van der Waals surface area (Å²) in [7, 11) is 1.49. The van der Waals surface area contributed by atoms with Crippen LogP contribution in [0.5, 0.6) is 23.0 Å². The Morgan fingerprint density at radius 2 is 1.89 bits per heavy atom. The van der Waals surface area contributed by atoms with Crippen LogP contribution in [0.15, 0.2) is 36.4 Å². The lowest BCUT2D eigenvalue weighted by Gasteiger charge is -2.12. The number of carbonyl (C=O) groups is 2. The van der Waals surface area contributed by atoms with Gasteiger partial charge in [-0.1, -0.05) is 0 Å². The predicted molar refractivity (Wildman–Crippen MR) is 97.7 cm³/mol. The molecule has 0 radical (unpaired) electrons. The monoisotopic (exact) mass is 372 g/mol. The van der Waals surface area contributed by atoms with Crippen LogP contribution in [0.4, 0.5) is 5.69 Å². The van der Waals surface area contributed by atoms with Gasteiger partial charge in [-0.25, -0.2) is 0 Å². The number of hydrogen-bond acceptors (Lipinski definition) is 6. The first-order valence-electron chi connectivity index (χ1n) is 8.37. The average Bonchev–Trinajstić information content (AvgIpc) is 2.91. The van der Waals surface area contributed by atoms with Gasteiger partial charge in [0.05, 0.1) is 25.9 Å². The highest BCUT2D eigenvalue weighted by molar-refractivity contribution is 5.96. The van der Waals surface area contributed by atoms with Crippen molar-refractivity contribution in [3.05, 3.63) is 42.0 Å². The van der Waals surface area contributed by atoms with Gasteiger partial charge in [-0.15, -0.1) is 0 Å². The SMILES string of the molecule is COc1ccc(C(N)=O)c(OCC(=O)Nc2ccc3c(c2)OCCCO3)c1. The van der Waals surface area contributed by atoms with Crippen molar-refractivity contribution in [3.8, 4) is 23.0 Å². The van der Waals surface area contributed by atoms with Crippen LogP contribution >= 0.6 is 0 Å². The fourth-order valence-corrected chi connectivity index (χ4v) is 2.53. The Bertz CT molecular complexity index is 852. The summed E-state index contributed by atoms with van der Waals surface area (Å²) in [4.78, 5) is 23.7. The Morgan fingerprint density at radius 3 is 2.63 bits per heavy atom. The molecule has 8 heteroatoms. The highest BCUT2D eigenvalue weighted by atomic mass is 16.5. The van der Waals surface area contributed by atoms with Crippen LogP contribution in [-0.2, 0) is 4.79 Å². The standard InChI is InChI=1S/C19H20N2O6/c1-24-13-4-5-14(19(20)23)16(10-13)27-11-18(22)21-12-3-6-15-17(9-12)26-8-2-7-25-15/h3-6,9-10H,2,7-8,11H2,1H3,(H2,20,23)(H,21,22). The maximum atomic E-state index is 12.2. The zero-order chi connectivity index (χ0) is 19.2. The number of nitrogens with two attached hydrogens (primary N) is 1. The van der Waals surface area contributed by atoms with Crippen LogP contribution in [0.3, 0.4) is 0 Å². The number of primary amides is 1. The summed E-state index contributed by atoms with van der Waals surface area (Å²) < 4.78 is 21.7. The maximum absolute atomic E-state index is 12.2. The topological polar surface area (TPSA) is 109 Å². The average molecular weight is 372 g/mol. The smallest absolute Gasteiger partial charge is 0.262 e. The highest BCUT2D eigenvalue weighted by Gasteiger charge is 2.14. The molecule has 3 rings (SSSR count). The van der Waals surface area contributed by atoms with E-state index in [1.807, 2.05) is 0 Å². The van der Waals surface area contributed by atoms with Crippen LogP contribution in [0, 0.1) is 0 Å². The van der Waals surface area contributed by atoms with E-state index in [4.69, 9.17) is 24.7 Å². The van der Waals surface area contributed by atoms with E-state index >= 15 is 0 Å². The fraction of sp³-hybridized carbons (Fsp3) is 0.263. The van der Waals surface area contributed by atoms with E-state index in [1.165, 1.54) is 19.2 Å².